The van der Waals surface area contributed by atoms with E-state index in [1.165, 1.54) is 24.8 Å². The van der Waals surface area contributed by atoms with Crippen LogP contribution in [0.1, 0.15) is 45.6 Å². The summed E-state index contributed by atoms with van der Waals surface area (Å²) in [4.78, 5) is 0. The second-order valence-corrected chi connectivity index (χ2v) is 6.78. The maximum atomic E-state index is 9.88. The molecular weight excluding hydrogens is 250 g/mol. The highest BCUT2D eigenvalue weighted by molar-refractivity contribution is 5.31. The highest BCUT2D eigenvalue weighted by Gasteiger charge is 2.18. The van der Waals surface area contributed by atoms with Gasteiger partial charge in [0.2, 0.25) is 0 Å². The van der Waals surface area contributed by atoms with Gasteiger partial charge in [0.1, 0.15) is 18.5 Å². The summed E-state index contributed by atoms with van der Waals surface area (Å²) in [6.07, 6.45) is 3.34. The summed E-state index contributed by atoms with van der Waals surface area (Å²) in [7, 11) is 0. The van der Waals surface area contributed by atoms with Crippen molar-refractivity contribution in [3.05, 3.63) is 29.8 Å². The van der Waals surface area contributed by atoms with Crippen LogP contribution >= 0.6 is 0 Å². The molecule has 3 heteroatoms. The van der Waals surface area contributed by atoms with Crippen molar-refractivity contribution < 1.29 is 9.84 Å². The van der Waals surface area contributed by atoms with Gasteiger partial charge in [0, 0.05) is 12.6 Å². The first-order valence-electron chi connectivity index (χ1n) is 7.60. The van der Waals surface area contributed by atoms with Crippen molar-refractivity contribution in [1.82, 2.24) is 5.32 Å². The van der Waals surface area contributed by atoms with E-state index in [1.807, 2.05) is 12.1 Å². The Morgan fingerprint density at radius 3 is 2.40 bits per heavy atom. The predicted octanol–water partition coefficient (Wildman–Crippen LogP) is 2.87. The van der Waals surface area contributed by atoms with Crippen LogP contribution in [0.3, 0.4) is 0 Å². The van der Waals surface area contributed by atoms with Crippen LogP contribution in [-0.4, -0.2) is 30.4 Å². The van der Waals surface area contributed by atoms with Gasteiger partial charge in [0.25, 0.3) is 0 Å². The van der Waals surface area contributed by atoms with E-state index in [0.29, 0.717) is 19.2 Å². The van der Waals surface area contributed by atoms with Crippen molar-refractivity contribution in [3.63, 3.8) is 0 Å². The lowest BCUT2D eigenvalue weighted by Crippen LogP contribution is -2.41. The molecule has 1 aromatic carbocycles. The highest BCUT2D eigenvalue weighted by atomic mass is 16.5. The maximum absolute atomic E-state index is 9.88. The average molecular weight is 277 g/mol. The molecule has 1 aliphatic carbocycles. The summed E-state index contributed by atoms with van der Waals surface area (Å²) >= 11 is 0. The standard InChI is InChI=1S/C17H27NO2/c1-17(2,3)13-7-9-16(10-8-13)20-12-15(19)11-18-14-5-4-6-14/h7-10,14-15,18-19H,4-6,11-12H2,1-3H3. The van der Waals surface area contributed by atoms with E-state index in [-0.39, 0.29) is 5.41 Å². The van der Waals surface area contributed by atoms with Crippen LogP contribution in [0.15, 0.2) is 24.3 Å². The molecule has 20 heavy (non-hydrogen) atoms. The van der Waals surface area contributed by atoms with Gasteiger partial charge in [-0.25, -0.2) is 0 Å². The van der Waals surface area contributed by atoms with E-state index >= 15 is 0 Å². The van der Waals surface area contributed by atoms with Gasteiger partial charge in [-0.15, -0.1) is 0 Å². The zero-order valence-electron chi connectivity index (χ0n) is 12.9. The van der Waals surface area contributed by atoms with Crippen LogP contribution in [-0.2, 0) is 5.41 Å². The molecule has 1 aromatic rings. The van der Waals surface area contributed by atoms with Gasteiger partial charge >= 0.3 is 0 Å². The van der Waals surface area contributed by atoms with E-state index in [1.54, 1.807) is 0 Å². The number of hydrogen-bond donors (Lipinski definition) is 2. The van der Waals surface area contributed by atoms with Crippen molar-refractivity contribution in [1.29, 1.82) is 0 Å². The normalized spacial score (nSPS) is 17.6. The summed E-state index contributed by atoms with van der Waals surface area (Å²) in [5.74, 6) is 0.820. The molecule has 1 fully saturated rings. The van der Waals surface area contributed by atoms with Gasteiger partial charge in [0.15, 0.2) is 0 Å². The maximum Gasteiger partial charge on any atom is 0.119 e. The lowest BCUT2D eigenvalue weighted by molar-refractivity contribution is 0.0997. The zero-order valence-corrected chi connectivity index (χ0v) is 12.9. The molecule has 0 radical (unpaired) electrons. The quantitative estimate of drug-likeness (QED) is 0.840. The average Bonchev–Trinajstić information content (AvgIpc) is 2.34. The number of ether oxygens (including phenoxy) is 1. The number of rotatable bonds is 6. The molecule has 0 aliphatic heterocycles. The molecule has 1 atom stereocenters. The third kappa shape index (κ3) is 4.50. The van der Waals surface area contributed by atoms with Crippen LogP contribution < -0.4 is 10.1 Å². The highest BCUT2D eigenvalue weighted by Crippen LogP contribution is 2.24. The predicted molar refractivity (Wildman–Crippen MR) is 82.3 cm³/mol. The summed E-state index contributed by atoms with van der Waals surface area (Å²) < 4.78 is 5.63. The Kier molecular flexibility index (Phi) is 5.06. The van der Waals surface area contributed by atoms with Crippen LogP contribution in [0.2, 0.25) is 0 Å². The number of nitrogens with one attached hydrogen (secondary N) is 1. The molecular formula is C17H27NO2. The lowest BCUT2D eigenvalue weighted by Gasteiger charge is -2.27. The van der Waals surface area contributed by atoms with Crippen molar-refractivity contribution in [2.45, 2.75) is 57.6 Å². The molecule has 0 bridgehead atoms. The van der Waals surface area contributed by atoms with E-state index in [0.717, 1.165) is 5.75 Å². The Bertz CT molecular complexity index is 404. The molecule has 3 nitrogen and oxygen atoms in total. The third-order valence-electron chi connectivity index (χ3n) is 3.91. The molecule has 0 spiro atoms. The molecule has 112 valence electrons. The molecule has 1 aliphatic rings. The molecule has 1 unspecified atom stereocenters. The van der Waals surface area contributed by atoms with Crippen molar-refractivity contribution in [2.75, 3.05) is 13.2 Å². The van der Waals surface area contributed by atoms with E-state index in [2.05, 4.69) is 38.2 Å². The Balaban J connectivity index is 1.72. The first-order chi connectivity index (χ1) is 9.45. The fourth-order valence-electron chi connectivity index (χ4n) is 2.22. The summed E-state index contributed by atoms with van der Waals surface area (Å²) in [6.45, 7) is 7.54. The molecule has 0 amide bonds. The zero-order chi connectivity index (χ0) is 14.6. The summed E-state index contributed by atoms with van der Waals surface area (Å²) in [5, 5.41) is 13.2. The second-order valence-electron chi connectivity index (χ2n) is 6.78. The van der Waals surface area contributed by atoms with Crippen molar-refractivity contribution in [3.8, 4) is 5.75 Å². The van der Waals surface area contributed by atoms with Gasteiger partial charge in [-0.1, -0.05) is 39.3 Å². The van der Waals surface area contributed by atoms with Gasteiger partial charge in [-0.05, 0) is 36.0 Å². The lowest BCUT2D eigenvalue weighted by atomic mass is 9.87. The Hall–Kier alpha value is -1.06. The molecule has 0 saturated heterocycles. The van der Waals surface area contributed by atoms with Gasteiger partial charge in [-0.3, -0.25) is 0 Å². The first kappa shape index (κ1) is 15.3. The minimum atomic E-state index is -0.446. The number of aliphatic hydroxyl groups is 1. The fourth-order valence-corrected chi connectivity index (χ4v) is 2.22. The number of benzene rings is 1. The van der Waals surface area contributed by atoms with Crippen molar-refractivity contribution in [2.24, 2.45) is 0 Å². The number of aliphatic hydroxyl groups excluding tert-OH is 1. The molecule has 2 rings (SSSR count). The Morgan fingerprint density at radius 1 is 1.25 bits per heavy atom. The van der Waals surface area contributed by atoms with Crippen LogP contribution in [0.5, 0.6) is 5.75 Å². The van der Waals surface area contributed by atoms with E-state index in [9.17, 15) is 5.11 Å². The van der Waals surface area contributed by atoms with Gasteiger partial charge in [-0.2, -0.15) is 0 Å². The van der Waals surface area contributed by atoms with Gasteiger partial charge in [0.05, 0.1) is 0 Å². The second kappa shape index (κ2) is 6.59. The SMILES string of the molecule is CC(C)(C)c1ccc(OCC(O)CNC2CCC2)cc1. The molecule has 0 aromatic heterocycles. The van der Waals surface area contributed by atoms with Crippen molar-refractivity contribution >= 4 is 0 Å². The monoisotopic (exact) mass is 277 g/mol. The molecule has 0 heterocycles. The van der Waals surface area contributed by atoms with Crippen LogP contribution in [0.4, 0.5) is 0 Å². The van der Waals surface area contributed by atoms with E-state index in [4.69, 9.17) is 4.74 Å². The smallest absolute Gasteiger partial charge is 0.119 e. The Labute approximate surface area is 122 Å². The van der Waals surface area contributed by atoms with Crippen LogP contribution in [0.25, 0.3) is 0 Å². The molecule has 1 saturated carbocycles. The topological polar surface area (TPSA) is 41.5 Å². The number of hydrogen-bond acceptors (Lipinski definition) is 3. The first-order valence-corrected chi connectivity index (χ1v) is 7.60. The largest absolute Gasteiger partial charge is 0.491 e. The summed E-state index contributed by atoms with van der Waals surface area (Å²) in [6, 6.07) is 8.75. The minimum Gasteiger partial charge on any atom is -0.491 e. The minimum absolute atomic E-state index is 0.157. The Morgan fingerprint density at radius 2 is 1.90 bits per heavy atom. The van der Waals surface area contributed by atoms with Gasteiger partial charge < -0.3 is 15.2 Å². The van der Waals surface area contributed by atoms with E-state index < -0.39 is 6.10 Å². The summed E-state index contributed by atoms with van der Waals surface area (Å²) in [5.41, 5.74) is 1.45. The fraction of sp³-hybridized carbons (Fsp3) is 0.647. The molecule has 2 N–H and O–H groups in total. The third-order valence-corrected chi connectivity index (χ3v) is 3.91. The van der Waals surface area contributed by atoms with Crippen LogP contribution in [0, 0.1) is 0 Å².